The number of rotatable bonds is 5. The maximum Gasteiger partial charge on any atom is 0.252 e. The topological polar surface area (TPSA) is 37.4 Å². The second-order valence-electron chi connectivity index (χ2n) is 3.11. The Morgan fingerprint density at radius 1 is 1.50 bits per heavy atom. The summed E-state index contributed by atoms with van der Waals surface area (Å²) < 4.78 is 25.5. The summed E-state index contributed by atoms with van der Waals surface area (Å²) in [7, 11) is -1.59. The van der Waals surface area contributed by atoms with Crippen molar-refractivity contribution < 1.29 is 8.42 Å². The van der Waals surface area contributed by atoms with Crippen LogP contribution < -0.4 is 0 Å². The fourth-order valence-corrected chi connectivity index (χ4v) is 3.48. The first-order valence-corrected chi connectivity index (χ1v) is 6.91. The number of unbranched alkanes of at least 4 members (excludes halogenated alkanes) is 1. The molecular formula is C9H15NO2S2. The van der Waals surface area contributed by atoms with Crippen LogP contribution in [0.1, 0.15) is 19.8 Å². The molecule has 0 aliphatic rings. The van der Waals surface area contributed by atoms with Gasteiger partial charge in [-0.15, -0.1) is 11.3 Å². The maximum absolute atomic E-state index is 11.8. The van der Waals surface area contributed by atoms with Gasteiger partial charge in [0.1, 0.15) is 4.21 Å². The first-order valence-electron chi connectivity index (χ1n) is 4.59. The monoisotopic (exact) mass is 233 g/mol. The van der Waals surface area contributed by atoms with E-state index in [0.717, 1.165) is 12.8 Å². The van der Waals surface area contributed by atoms with Gasteiger partial charge in [0.25, 0.3) is 10.0 Å². The second kappa shape index (κ2) is 4.91. The third kappa shape index (κ3) is 2.56. The standard InChI is InChI=1S/C9H15NO2S2/c1-3-4-7-10(2)14(11,12)9-6-5-8-13-9/h5-6,8H,3-4,7H2,1-2H3. The molecule has 0 fully saturated rings. The molecule has 0 atom stereocenters. The van der Waals surface area contributed by atoms with E-state index in [1.165, 1.54) is 15.6 Å². The normalized spacial score (nSPS) is 12.2. The number of nitrogens with zero attached hydrogens (tertiary/aromatic N) is 1. The smallest absolute Gasteiger partial charge is 0.206 e. The predicted molar refractivity (Wildman–Crippen MR) is 59.0 cm³/mol. The Morgan fingerprint density at radius 2 is 2.21 bits per heavy atom. The molecule has 14 heavy (non-hydrogen) atoms. The number of thiophene rings is 1. The quantitative estimate of drug-likeness (QED) is 0.781. The van der Waals surface area contributed by atoms with E-state index < -0.39 is 10.0 Å². The van der Waals surface area contributed by atoms with Crippen molar-refractivity contribution in [2.24, 2.45) is 0 Å². The molecule has 0 saturated carbocycles. The minimum atomic E-state index is -3.22. The van der Waals surface area contributed by atoms with E-state index in [1.54, 1.807) is 24.6 Å². The first kappa shape index (κ1) is 11.7. The van der Waals surface area contributed by atoms with Crippen molar-refractivity contribution in [2.75, 3.05) is 13.6 Å². The Kier molecular flexibility index (Phi) is 4.10. The lowest BCUT2D eigenvalue weighted by Crippen LogP contribution is -2.27. The van der Waals surface area contributed by atoms with Gasteiger partial charge in [-0.2, -0.15) is 0 Å². The third-order valence-corrected chi connectivity index (χ3v) is 5.22. The third-order valence-electron chi connectivity index (χ3n) is 1.99. The Hall–Kier alpha value is -0.390. The molecule has 0 aromatic carbocycles. The van der Waals surface area contributed by atoms with Gasteiger partial charge in [-0.05, 0) is 17.9 Å². The fourth-order valence-electron chi connectivity index (χ4n) is 1.06. The minimum Gasteiger partial charge on any atom is -0.206 e. The van der Waals surface area contributed by atoms with Crippen molar-refractivity contribution in [2.45, 2.75) is 24.0 Å². The predicted octanol–water partition coefficient (Wildman–Crippen LogP) is 2.17. The zero-order chi connectivity index (χ0) is 10.6. The van der Waals surface area contributed by atoms with Crippen LogP contribution in [-0.4, -0.2) is 26.3 Å². The molecule has 1 aromatic rings. The van der Waals surface area contributed by atoms with Gasteiger partial charge in [-0.3, -0.25) is 0 Å². The van der Waals surface area contributed by atoms with Gasteiger partial charge < -0.3 is 0 Å². The molecule has 0 spiro atoms. The zero-order valence-electron chi connectivity index (χ0n) is 8.43. The van der Waals surface area contributed by atoms with Crippen LogP contribution in [0.4, 0.5) is 0 Å². The van der Waals surface area contributed by atoms with Gasteiger partial charge in [-0.25, -0.2) is 12.7 Å². The molecule has 0 aliphatic carbocycles. The van der Waals surface area contributed by atoms with E-state index in [1.807, 2.05) is 6.92 Å². The minimum absolute atomic E-state index is 0.427. The van der Waals surface area contributed by atoms with E-state index in [2.05, 4.69) is 0 Å². The lowest BCUT2D eigenvalue weighted by molar-refractivity contribution is 0.461. The Labute approximate surface area is 89.4 Å². The van der Waals surface area contributed by atoms with Gasteiger partial charge in [0.05, 0.1) is 0 Å². The number of sulfonamides is 1. The van der Waals surface area contributed by atoms with Gasteiger partial charge in [-0.1, -0.05) is 19.4 Å². The highest BCUT2D eigenvalue weighted by molar-refractivity contribution is 7.91. The van der Waals surface area contributed by atoms with Gasteiger partial charge >= 0.3 is 0 Å². The lowest BCUT2D eigenvalue weighted by Gasteiger charge is -2.14. The molecule has 0 aliphatic heterocycles. The van der Waals surface area contributed by atoms with Crippen LogP contribution in [0.2, 0.25) is 0 Å². The Bertz CT molecular complexity index is 356. The van der Waals surface area contributed by atoms with Crippen molar-refractivity contribution in [3.8, 4) is 0 Å². The van der Waals surface area contributed by atoms with E-state index in [0.29, 0.717) is 10.8 Å². The van der Waals surface area contributed by atoms with E-state index in [9.17, 15) is 8.42 Å². The summed E-state index contributed by atoms with van der Waals surface area (Å²) in [5, 5.41) is 1.78. The highest BCUT2D eigenvalue weighted by Gasteiger charge is 2.20. The lowest BCUT2D eigenvalue weighted by atomic mass is 10.3. The number of hydrogen-bond donors (Lipinski definition) is 0. The average Bonchev–Trinajstić information content (AvgIpc) is 2.67. The fraction of sp³-hybridized carbons (Fsp3) is 0.556. The molecule has 0 bridgehead atoms. The summed E-state index contributed by atoms with van der Waals surface area (Å²) >= 11 is 1.26. The molecule has 1 heterocycles. The summed E-state index contributed by atoms with van der Waals surface area (Å²) in [6.45, 7) is 2.64. The summed E-state index contributed by atoms with van der Waals surface area (Å²) in [6.07, 6.45) is 1.91. The van der Waals surface area contributed by atoms with Crippen LogP contribution in [-0.2, 0) is 10.0 Å². The summed E-state index contributed by atoms with van der Waals surface area (Å²) in [4.78, 5) is 0. The Morgan fingerprint density at radius 3 is 2.71 bits per heavy atom. The highest BCUT2D eigenvalue weighted by Crippen LogP contribution is 2.19. The van der Waals surface area contributed by atoms with Crippen LogP contribution in [0.15, 0.2) is 21.7 Å². The van der Waals surface area contributed by atoms with Gasteiger partial charge in [0.15, 0.2) is 0 Å². The molecule has 3 nitrogen and oxygen atoms in total. The highest BCUT2D eigenvalue weighted by atomic mass is 32.2. The van der Waals surface area contributed by atoms with Crippen LogP contribution >= 0.6 is 11.3 Å². The molecule has 0 saturated heterocycles. The first-order chi connectivity index (χ1) is 6.59. The van der Waals surface area contributed by atoms with Gasteiger partial charge in [0.2, 0.25) is 0 Å². The summed E-state index contributed by atoms with van der Waals surface area (Å²) in [6, 6.07) is 3.40. The largest absolute Gasteiger partial charge is 0.252 e. The summed E-state index contributed by atoms with van der Waals surface area (Å²) in [5.41, 5.74) is 0. The van der Waals surface area contributed by atoms with Crippen molar-refractivity contribution in [1.82, 2.24) is 4.31 Å². The van der Waals surface area contributed by atoms with Crippen LogP contribution in [0.25, 0.3) is 0 Å². The SMILES string of the molecule is CCCCN(C)S(=O)(=O)c1cccs1. The molecule has 5 heteroatoms. The number of hydrogen-bond acceptors (Lipinski definition) is 3. The van der Waals surface area contributed by atoms with Crippen molar-refractivity contribution in [3.63, 3.8) is 0 Å². The average molecular weight is 233 g/mol. The van der Waals surface area contributed by atoms with E-state index >= 15 is 0 Å². The van der Waals surface area contributed by atoms with Crippen LogP contribution in [0, 0.1) is 0 Å². The van der Waals surface area contributed by atoms with E-state index in [4.69, 9.17) is 0 Å². The molecule has 0 radical (unpaired) electrons. The van der Waals surface area contributed by atoms with Crippen molar-refractivity contribution >= 4 is 21.4 Å². The maximum atomic E-state index is 11.8. The molecule has 1 rings (SSSR count). The van der Waals surface area contributed by atoms with Crippen molar-refractivity contribution in [3.05, 3.63) is 17.5 Å². The van der Waals surface area contributed by atoms with Crippen LogP contribution in [0.3, 0.4) is 0 Å². The Balaban J connectivity index is 2.76. The zero-order valence-corrected chi connectivity index (χ0v) is 10.1. The molecule has 0 N–H and O–H groups in total. The van der Waals surface area contributed by atoms with Gasteiger partial charge in [0, 0.05) is 13.6 Å². The van der Waals surface area contributed by atoms with E-state index in [-0.39, 0.29) is 0 Å². The molecule has 80 valence electrons. The molecule has 0 amide bonds. The van der Waals surface area contributed by atoms with Crippen molar-refractivity contribution in [1.29, 1.82) is 0 Å². The second-order valence-corrected chi connectivity index (χ2v) is 6.33. The molecule has 0 unspecified atom stereocenters. The van der Waals surface area contributed by atoms with Crippen LogP contribution in [0.5, 0.6) is 0 Å². The molecule has 1 aromatic heterocycles. The molecular weight excluding hydrogens is 218 g/mol. The summed E-state index contributed by atoms with van der Waals surface area (Å²) in [5.74, 6) is 0.